The first-order valence-electron chi connectivity index (χ1n) is 4.01. The first-order chi connectivity index (χ1) is 6.31. The van der Waals surface area contributed by atoms with Crippen LogP contribution in [0.3, 0.4) is 0 Å². The molecule has 0 unspecified atom stereocenters. The van der Waals surface area contributed by atoms with Gasteiger partial charge >= 0.3 is 0 Å². The Kier molecular flexibility index (Phi) is 1.81. The number of amidine groups is 1. The molecule has 0 saturated heterocycles. The molecule has 0 amide bonds. The fourth-order valence-corrected chi connectivity index (χ4v) is 1.27. The summed E-state index contributed by atoms with van der Waals surface area (Å²) in [6.07, 6.45) is 6.04. The van der Waals surface area contributed by atoms with Crippen LogP contribution in [0.25, 0.3) is 0 Å². The number of rotatable bonds is 1. The van der Waals surface area contributed by atoms with Crippen molar-refractivity contribution in [2.45, 2.75) is 6.92 Å². The lowest BCUT2D eigenvalue weighted by Gasteiger charge is -2.25. The minimum atomic E-state index is 0.571. The highest BCUT2D eigenvalue weighted by Crippen LogP contribution is 2.14. The zero-order chi connectivity index (χ0) is 9.26. The van der Waals surface area contributed by atoms with Crippen molar-refractivity contribution in [1.82, 2.24) is 4.90 Å². The summed E-state index contributed by atoms with van der Waals surface area (Å²) in [7, 11) is 0. The molecule has 66 valence electrons. The van der Waals surface area contributed by atoms with Crippen LogP contribution in [0.2, 0.25) is 0 Å². The topological polar surface area (TPSA) is 45.0 Å². The van der Waals surface area contributed by atoms with Crippen LogP contribution in [0.1, 0.15) is 6.92 Å². The summed E-state index contributed by atoms with van der Waals surface area (Å²) in [5.74, 6) is 0.845. The molecule has 2 aliphatic rings. The van der Waals surface area contributed by atoms with Gasteiger partial charge in [0.25, 0.3) is 0 Å². The average Bonchev–Trinajstić information content (AvgIpc) is 2.17. The van der Waals surface area contributed by atoms with Crippen molar-refractivity contribution >= 4 is 18.5 Å². The fourth-order valence-electron chi connectivity index (χ4n) is 1.27. The van der Waals surface area contributed by atoms with Gasteiger partial charge < -0.3 is 4.90 Å². The van der Waals surface area contributed by atoms with Crippen LogP contribution in [0.4, 0.5) is 0 Å². The molecule has 0 bridgehead atoms. The molecule has 2 aliphatic heterocycles. The van der Waals surface area contributed by atoms with E-state index in [4.69, 9.17) is 0 Å². The Balaban J connectivity index is 2.39. The summed E-state index contributed by atoms with van der Waals surface area (Å²) in [5, 5.41) is 0. The highest BCUT2D eigenvalue weighted by atomic mass is 16.1. The summed E-state index contributed by atoms with van der Waals surface area (Å²) in [5.41, 5.74) is 1.51. The highest BCUT2D eigenvalue weighted by Gasteiger charge is 2.17. The van der Waals surface area contributed by atoms with Gasteiger partial charge in [-0.3, -0.25) is 4.79 Å². The van der Waals surface area contributed by atoms with E-state index in [-0.39, 0.29) is 0 Å². The standard InChI is InChI=1S/C9H9N3O/c1-7-8(5-13)4-12-6-10-3-2-9(12)11-7/h2-3,5-6H,4H2,1H3. The molecule has 0 radical (unpaired) electrons. The molecular formula is C9H9N3O. The number of carbonyl (C=O) groups is 1. The van der Waals surface area contributed by atoms with Gasteiger partial charge in [-0.1, -0.05) is 0 Å². The Morgan fingerprint density at radius 2 is 2.46 bits per heavy atom. The van der Waals surface area contributed by atoms with E-state index in [1.807, 2.05) is 17.9 Å². The number of carbonyl (C=O) groups excluding carboxylic acids is 1. The van der Waals surface area contributed by atoms with E-state index in [1.54, 1.807) is 12.5 Å². The van der Waals surface area contributed by atoms with Gasteiger partial charge in [-0.2, -0.15) is 0 Å². The van der Waals surface area contributed by atoms with E-state index in [0.29, 0.717) is 12.1 Å². The Labute approximate surface area is 76.0 Å². The summed E-state index contributed by atoms with van der Waals surface area (Å²) in [6.45, 7) is 2.41. The summed E-state index contributed by atoms with van der Waals surface area (Å²) < 4.78 is 0. The van der Waals surface area contributed by atoms with E-state index in [2.05, 4.69) is 9.98 Å². The van der Waals surface area contributed by atoms with Gasteiger partial charge in [-0.05, 0) is 13.0 Å². The van der Waals surface area contributed by atoms with Gasteiger partial charge in [-0.15, -0.1) is 0 Å². The van der Waals surface area contributed by atoms with Gasteiger partial charge in [-0.25, -0.2) is 9.98 Å². The van der Waals surface area contributed by atoms with E-state index < -0.39 is 0 Å². The lowest BCUT2D eigenvalue weighted by atomic mass is 10.2. The van der Waals surface area contributed by atoms with Crippen molar-refractivity contribution in [2.75, 3.05) is 6.54 Å². The van der Waals surface area contributed by atoms with Crippen molar-refractivity contribution in [3.63, 3.8) is 0 Å². The van der Waals surface area contributed by atoms with Crippen molar-refractivity contribution < 1.29 is 4.79 Å². The normalized spacial score (nSPS) is 20.1. The zero-order valence-corrected chi connectivity index (χ0v) is 7.27. The van der Waals surface area contributed by atoms with Crippen LogP contribution in [0, 0.1) is 0 Å². The van der Waals surface area contributed by atoms with E-state index in [9.17, 15) is 4.79 Å². The largest absolute Gasteiger partial charge is 0.312 e. The number of fused-ring (bicyclic) bond motifs is 1. The lowest BCUT2D eigenvalue weighted by Crippen LogP contribution is -2.34. The molecule has 2 heterocycles. The van der Waals surface area contributed by atoms with Crippen LogP contribution >= 0.6 is 0 Å². The fraction of sp³-hybridized carbons (Fsp3) is 0.222. The maximum Gasteiger partial charge on any atom is 0.149 e. The molecule has 4 heteroatoms. The van der Waals surface area contributed by atoms with Crippen molar-refractivity contribution in [3.8, 4) is 0 Å². The minimum absolute atomic E-state index is 0.571. The number of allylic oxidation sites excluding steroid dienone is 1. The molecule has 0 N–H and O–H groups in total. The molecular weight excluding hydrogens is 166 g/mol. The number of aldehydes is 1. The first-order valence-corrected chi connectivity index (χ1v) is 4.01. The van der Waals surface area contributed by atoms with Gasteiger partial charge in [0.2, 0.25) is 0 Å². The SMILES string of the molecule is CC1=C(C=O)CN2C=NC=CC2=N1. The Bertz CT molecular complexity index is 363. The molecule has 0 fully saturated rings. The van der Waals surface area contributed by atoms with Gasteiger partial charge in [0.15, 0.2) is 0 Å². The zero-order valence-electron chi connectivity index (χ0n) is 7.27. The van der Waals surface area contributed by atoms with E-state index >= 15 is 0 Å². The molecule has 0 atom stereocenters. The van der Waals surface area contributed by atoms with Crippen LogP contribution in [-0.2, 0) is 4.79 Å². The molecule has 13 heavy (non-hydrogen) atoms. The van der Waals surface area contributed by atoms with Gasteiger partial charge in [0.1, 0.15) is 12.1 Å². The summed E-state index contributed by atoms with van der Waals surface area (Å²) in [4.78, 5) is 20.7. The first kappa shape index (κ1) is 7.91. The van der Waals surface area contributed by atoms with E-state index in [0.717, 1.165) is 17.8 Å². The monoisotopic (exact) mass is 175 g/mol. The molecule has 0 aromatic heterocycles. The van der Waals surface area contributed by atoms with Crippen LogP contribution in [0.5, 0.6) is 0 Å². The average molecular weight is 175 g/mol. The number of nitrogens with zero attached hydrogens (tertiary/aromatic N) is 3. The summed E-state index contributed by atoms with van der Waals surface area (Å²) >= 11 is 0. The minimum Gasteiger partial charge on any atom is -0.312 e. The van der Waals surface area contributed by atoms with Gasteiger partial charge in [0, 0.05) is 17.5 Å². The Hall–Kier alpha value is -1.71. The third-order valence-corrected chi connectivity index (χ3v) is 2.04. The maximum absolute atomic E-state index is 10.6. The third-order valence-electron chi connectivity index (χ3n) is 2.04. The van der Waals surface area contributed by atoms with Crippen molar-refractivity contribution in [1.29, 1.82) is 0 Å². The molecule has 4 nitrogen and oxygen atoms in total. The Morgan fingerprint density at radius 3 is 3.23 bits per heavy atom. The van der Waals surface area contributed by atoms with E-state index in [1.165, 1.54) is 0 Å². The molecule has 0 spiro atoms. The molecule has 0 aromatic carbocycles. The predicted octanol–water partition coefficient (Wildman–Crippen LogP) is 0.729. The van der Waals surface area contributed by atoms with Crippen molar-refractivity contribution in [3.05, 3.63) is 23.5 Å². The van der Waals surface area contributed by atoms with Crippen molar-refractivity contribution in [2.24, 2.45) is 9.98 Å². The molecule has 0 aromatic rings. The van der Waals surface area contributed by atoms with Crippen LogP contribution in [0.15, 0.2) is 33.5 Å². The van der Waals surface area contributed by atoms with Gasteiger partial charge in [0.05, 0.1) is 12.9 Å². The quantitative estimate of drug-likeness (QED) is 0.551. The second kappa shape index (κ2) is 2.97. The number of hydrogen-bond acceptors (Lipinski definition) is 4. The number of aliphatic imine (C=N–C) groups is 2. The third kappa shape index (κ3) is 1.30. The lowest BCUT2D eigenvalue weighted by molar-refractivity contribution is -0.105. The highest BCUT2D eigenvalue weighted by molar-refractivity contribution is 6.04. The summed E-state index contributed by atoms with van der Waals surface area (Å²) in [6, 6.07) is 0. The maximum atomic E-state index is 10.6. The molecule has 0 aliphatic carbocycles. The second-order valence-electron chi connectivity index (χ2n) is 2.91. The number of hydrogen-bond donors (Lipinski definition) is 0. The van der Waals surface area contributed by atoms with Crippen LogP contribution < -0.4 is 0 Å². The molecule has 0 saturated carbocycles. The molecule has 2 rings (SSSR count). The Morgan fingerprint density at radius 1 is 1.62 bits per heavy atom. The smallest absolute Gasteiger partial charge is 0.149 e. The second-order valence-corrected chi connectivity index (χ2v) is 2.91. The predicted molar refractivity (Wildman–Crippen MR) is 50.5 cm³/mol. The van der Waals surface area contributed by atoms with Crippen LogP contribution in [-0.4, -0.2) is 29.9 Å².